The third kappa shape index (κ3) is 2.25. The molecule has 1 aromatic carbocycles. The average molecular weight is 214 g/mol. The monoisotopic (exact) mass is 214 g/mol. The Morgan fingerprint density at radius 1 is 1.44 bits per heavy atom. The highest BCUT2D eigenvalue weighted by molar-refractivity contribution is 5.24. The molecule has 0 spiro atoms. The van der Waals surface area contributed by atoms with E-state index in [1.54, 1.807) is 0 Å². The lowest BCUT2D eigenvalue weighted by molar-refractivity contribution is -0.0735. The second-order valence-electron chi connectivity index (χ2n) is 4.41. The van der Waals surface area contributed by atoms with Gasteiger partial charge in [0.15, 0.2) is 0 Å². The molecule has 1 aliphatic heterocycles. The Balaban J connectivity index is 2.20. The minimum absolute atomic E-state index is 0.163. The smallest absolute Gasteiger partial charge is 0.0945 e. The van der Waals surface area contributed by atoms with E-state index in [1.165, 1.54) is 5.56 Å². The summed E-state index contributed by atoms with van der Waals surface area (Å²) in [6, 6.07) is 10.4. The molecule has 16 heavy (non-hydrogen) atoms. The molecule has 0 bridgehead atoms. The molecule has 1 nitrogen and oxygen atoms in total. The molecular formula is C15H18O. The second-order valence-corrected chi connectivity index (χ2v) is 4.41. The van der Waals surface area contributed by atoms with E-state index >= 15 is 0 Å². The van der Waals surface area contributed by atoms with Crippen LogP contribution in [-0.4, -0.2) is 6.10 Å². The number of benzene rings is 1. The van der Waals surface area contributed by atoms with Crippen molar-refractivity contribution in [3.63, 3.8) is 0 Å². The molecule has 0 N–H and O–H groups in total. The van der Waals surface area contributed by atoms with Gasteiger partial charge in [-0.15, -0.1) is 6.58 Å². The summed E-state index contributed by atoms with van der Waals surface area (Å²) in [5.74, 6) is 0. The van der Waals surface area contributed by atoms with Gasteiger partial charge in [-0.2, -0.15) is 0 Å². The summed E-state index contributed by atoms with van der Waals surface area (Å²) < 4.78 is 6.14. The van der Waals surface area contributed by atoms with Crippen molar-refractivity contribution in [2.45, 2.75) is 31.5 Å². The van der Waals surface area contributed by atoms with Crippen molar-refractivity contribution in [3.05, 3.63) is 60.7 Å². The molecule has 84 valence electrons. The molecule has 0 saturated carbocycles. The van der Waals surface area contributed by atoms with Crippen LogP contribution in [0, 0.1) is 0 Å². The molecule has 0 aliphatic carbocycles. The Morgan fingerprint density at radius 3 is 2.88 bits per heavy atom. The summed E-state index contributed by atoms with van der Waals surface area (Å²) in [6.45, 7) is 5.92. The first kappa shape index (κ1) is 11.2. The van der Waals surface area contributed by atoms with Crippen LogP contribution in [0.3, 0.4) is 0 Å². The van der Waals surface area contributed by atoms with Crippen LogP contribution in [0.1, 0.15) is 25.3 Å². The lowest BCUT2D eigenvalue weighted by atomic mass is 9.89. The van der Waals surface area contributed by atoms with Gasteiger partial charge >= 0.3 is 0 Å². The summed E-state index contributed by atoms with van der Waals surface area (Å²) in [6.07, 6.45) is 8.23. The molecule has 0 unspecified atom stereocenters. The van der Waals surface area contributed by atoms with Crippen LogP contribution in [0.5, 0.6) is 0 Å². The van der Waals surface area contributed by atoms with Crippen LogP contribution in [-0.2, 0) is 10.3 Å². The summed E-state index contributed by atoms with van der Waals surface area (Å²) >= 11 is 0. The first-order chi connectivity index (χ1) is 7.74. The molecule has 1 aliphatic rings. The standard InChI is InChI=1S/C15H18O/c1-3-8-14-11-7-12-15(2,16-14)13-9-5-4-6-10-13/h3-7,9-11,14H,1,8,12H2,2H3/t14-,15-/m0/s1. The molecule has 0 amide bonds. The third-order valence-corrected chi connectivity index (χ3v) is 3.05. The highest BCUT2D eigenvalue weighted by Gasteiger charge is 2.31. The zero-order valence-electron chi connectivity index (χ0n) is 9.73. The van der Waals surface area contributed by atoms with Crippen molar-refractivity contribution in [2.24, 2.45) is 0 Å². The molecule has 0 saturated heterocycles. The van der Waals surface area contributed by atoms with E-state index in [0.717, 1.165) is 12.8 Å². The SMILES string of the molecule is C=CC[C@H]1C=CC[C@@](C)(c2ccccc2)O1. The van der Waals surface area contributed by atoms with Crippen molar-refractivity contribution in [1.29, 1.82) is 0 Å². The molecule has 1 heteroatoms. The lowest BCUT2D eigenvalue weighted by Crippen LogP contribution is -2.32. The Hall–Kier alpha value is -1.34. The topological polar surface area (TPSA) is 9.23 Å². The number of hydrogen-bond acceptors (Lipinski definition) is 1. The lowest BCUT2D eigenvalue weighted by Gasteiger charge is -2.35. The summed E-state index contributed by atoms with van der Waals surface area (Å²) in [5, 5.41) is 0. The average Bonchev–Trinajstić information content (AvgIpc) is 2.31. The van der Waals surface area contributed by atoms with E-state index < -0.39 is 0 Å². The summed E-state index contributed by atoms with van der Waals surface area (Å²) in [5.41, 5.74) is 1.05. The van der Waals surface area contributed by atoms with E-state index in [-0.39, 0.29) is 11.7 Å². The van der Waals surface area contributed by atoms with Gasteiger partial charge in [-0.05, 0) is 25.3 Å². The highest BCUT2D eigenvalue weighted by Crippen LogP contribution is 2.34. The van der Waals surface area contributed by atoms with Gasteiger partial charge in [0.2, 0.25) is 0 Å². The minimum Gasteiger partial charge on any atom is -0.363 e. The summed E-state index contributed by atoms with van der Waals surface area (Å²) in [4.78, 5) is 0. The van der Waals surface area contributed by atoms with Crippen molar-refractivity contribution in [2.75, 3.05) is 0 Å². The van der Waals surface area contributed by atoms with Crippen LogP contribution in [0.2, 0.25) is 0 Å². The highest BCUT2D eigenvalue weighted by atomic mass is 16.5. The van der Waals surface area contributed by atoms with E-state index in [9.17, 15) is 0 Å². The second kappa shape index (κ2) is 4.67. The van der Waals surface area contributed by atoms with Crippen molar-refractivity contribution < 1.29 is 4.74 Å². The maximum Gasteiger partial charge on any atom is 0.0945 e. The number of hydrogen-bond donors (Lipinski definition) is 0. The van der Waals surface area contributed by atoms with Crippen LogP contribution in [0.15, 0.2) is 55.1 Å². The first-order valence-corrected chi connectivity index (χ1v) is 5.75. The molecular weight excluding hydrogens is 196 g/mol. The molecule has 2 atom stereocenters. The first-order valence-electron chi connectivity index (χ1n) is 5.75. The molecule has 1 aromatic rings. The van der Waals surface area contributed by atoms with Crippen LogP contribution in [0.4, 0.5) is 0 Å². The summed E-state index contributed by atoms with van der Waals surface area (Å²) in [7, 11) is 0. The fourth-order valence-electron chi connectivity index (χ4n) is 2.13. The van der Waals surface area contributed by atoms with Crippen molar-refractivity contribution in [3.8, 4) is 0 Å². The van der Waals surface area contributed by atoms with Gasteiger partial charge in [0, 0.05) is 0 Å². The fourth-order valence-corrected chi connectivity index (χ4v) is 2.13. The molecule has 1 heterocycles. The zero-order valence-corrected chi connectivity index (χ0v) is 9.73. The molecule has 0 aromatic heterocycles. The van der Waals surface area contributed by atoms with Crippen LogP contribution >= 0.6 is 0 Å². The van der Waals surface area contributed by atoms with Gasteiger partial charge in [0.1, 0.15) is 0 Å². The Labute approximate surface area is 97.4 Å². The Morgan fingerprint density at radius 2 is 2.19 bits per heavy atom. The van der Waals surface area contributed by atoms with E-state index in [2.05, 4.69) is 49.9 Å². The zero-order chi connectivity index (χ0) is 11.4. The number of rotatable bonds is 3. The fraction of sp³-hybridized carbons (Fsp3) is 0.333. The maximum absolute atomic E-state index is 6.14. The van der Waals surface area contributed by atoms with Crippen LogP contribution in [0.25, 0.3) is 0 Å². The van der Waals surface area contributed by atoms with Gasteiger partial charge in [-0.1, -0.05) is 48.6 Å². The minimum atomic E-state index is -0.191. The van der Waals surface area contributed by atoms with Gasteiger partial charge < -0.3 is 4.74 Å². The quantitative estimate of drug-likeness (QED) is 0.695. The molecule has 2 rings (SSSR count). The largest absolute Gasteiger partial charge is 0.363 e. The molecule has 0 radical (unpaired) electrons. The van der Waals surface area contributed by atoms with Gasteiger partial charge in [0.05, 0.1) is 11.7 Å². The van der Waals surface area contributed by atoms with Crippen LogP contribution < -0.4 is 0 Å². The van der Waals surface area contributed by atoms with E-state index in [4.69, 9.17) is 4.74 Å². The normalized spacial score (nSPS) is 28.9. The predicted octanol–water partition coefficient (Wildman–Crippen LogP) is 3.82. The Bertz CT molecular complexity index is 380. The van der Waals surface area contributed by atoms with E-state index in [0.29, 0.717) is 0 Å². The van der Waals surface area contributed by atoms with Gasteiger partial charge in [-0.25, -0.2) is 0 Å². The van der Waals surface area contributed by atoms with Gasteiger partial charge in [0.25, 0.3) is 0 Å². The number of ether oxygens (including phenoxy) is 1. The van der Waals surface area contributed by atoms with E-state index in [1.807, 2.05) is 12.1 Å². The van der Waals surface area contributed by atoms with Gasteiger partial charge in [-0.3, -0.25) is 0 Å². The third-order valence-electron chi connectivity index (χ3n) is 3.05. The van der Waals surface area contributed by atoms with Crippen molar-refractivity contribution >= 4 is 0 Å². The predicted molar refractivity (Wildman–Crippen MR) is 67.2 cm³/mol. The molecule has 0 fully saturated rings. The van der Waals surface area contributed by atoms with Crippen molar-refractivity contribution in [1.82, 2.24) is 0 Å². The maximum atomic E-state index is 6.14. The Kier molecular flexibility index (Phi) is 3.25.